The van der Waals surface area contributed by atoms with Gasteiger partial charge in [0.25, 0.3) is 0 Å². The van der Waals surface area contributed by atoms with Crippen LogP contribution in [0.25, 0.3) is 11.1 Å². The van der Waals surface area contributed by atoms with E-state index in [4.69, 9.17) is 14.2 Å². The van der Waals surface area contributed by atoms with Gasteiger partial charge in [-0.05, 0) is 72.4 Å². The van der Waals surface area contributed by atoms with E-state index < -0.39 is 46.0 Å². The smallest absolute Gasteiger partial charge is 0.338 e. The number of benzene rings is 4. The molecule has 1 fully saturated rings. The van der Waals surface area contributed by atoms with E-state index in [9.17, 15) is 22.4 Å². The maximum Gasteiger partial charge on any atom is 0.338 e. The summed E-state index contributed by atoms with van der Waals surface area (Å²) >= 11 is 0. The highest BCUT2D eigenvalue weighted by atomic mass is 32.2. The quantitative estimate of drug-likeness (QED) is 0.0798. The van der Waals surface area contributed by atoms with E-state index >= 15 is 0 Å². The predicted octanol–water partition coefficient (Wildman–Crippen LogP) is 7.26. The normalized spacial score (nSPS) is 19.1. The Morgan fingerprint density at radius 1 is 0.837 bits per heavy atom. The Labute approximate surface area is 287 Å². The van der Waals surface area contributed by atoms with Crippen LogP contribution >= 0.6 is 0 Å². The average Bonchev–Trinajstić information content (AvgIpc) is 3.43. The Morgan fingerprint density at radius 2 is 1.49 bits per heavy atom. The standard InChI is InChI=1S/C39H40FNO7S/c1-46-37(42)17-11-3-2-10-16-34-35(47-27-28-18-20-30(21-19-28)29-12-6-4-7-13-29)26-36(48-39(43)31-14-8-5-9-15-31)38(34)41-49(44,45)33-24-22-32(40)23-25-33/h2,4-10,12-15,18-25,34-36,38,41H,3,11,16-17,26-27H2,1H3/b10-2-/t34-,35+,36+,38+/m0/s1. The molecular formula is C39H40FNO7S. The number of halogens is 1. The van der Waals surface area contributed by atoms with Gasteiger partial charge in [-0.15, -0.1) is 0 Å². The molecule has 256 valence electrons. The van der Waals surface area contributed by atoms with Gasteiger partial charge >= 0.3 is 11.9 Å². The van der Waals surface area contributed by atoms with Crippen molar-refractivity contribution in [3.05, 3.63) is 138 Å². The number of rotatable bonds is 15. The molecule has 0 amide bonds. The first-order valence-corrected chi connectivity index (χ1v) is 17.7. The number of esters is 2. The Kier molecular flexibility index (Phi) is 12.5. The molecule has 1 aliphatic rings. The van der Waals surface area contributed by atoms with Crippen molar-refractivity contribution < 1.29 is 36.6 Å². The van der Waals surface area contributed by atoms with E-state index in [-0.39, 0.29) is 30.3 Å². The van der Waals surface area contributed by atoms with Crippen LogP contribution in [0.15, 0.2) is 126 Å². The molecule has 4 aromatic rings. The molecule has 0 saturated heterocycles. The summed E-state index contributed by atoms with van der Waals surface area (Å²) in [5, 5.41) is 0. The van der Waals surface area contributed by atoms with Crippen molar-refractivity contribution in [2.24, 2.45) is 5.92 Å². The lowest BCUT2D eigenvalue weighted by Crippen LogP contribution is -2.46. The molecule has 0 spiro atoms. The highest BCUT2D eigenvalue weighted by Gasteiger charge is 2.47. The van der Waals surface area contributed by atoms with Crippen molar-refractivity contribution in [3.8, 4) is 11.1 Å². The zero-order chi connectivity index (χ0) is 34.6. The molecule has 1 aliphatic carbocycles. The number of hydrogen-bond acceptors (Lipinski definition) is 7. The first-order chi connectivity index (χ1) is 23.7. The summed E-state index contributed by atoms with van der Waals surface area (Å²) in [5.41, 5.74) is 3.45. The van der Waals surface area contributed by atoms with E-state index in [2.05, 4.69) is 4.72 Å². The summed E-state index contributed by atoms with van der Waals surface area (Å²) in [6.45, 7) is 0.260. The van der Waals surface area contributed by atoms with Crippen molar-refractivity contribution in [3.63, 3.8) is 0 Å². The fourth-order valence-electron chi connectivity index (χ4n) is 5.94. The van der Waals surface area contributed by atoms with Crippen LogP contribution in [-0.4, -0.2) is 45.7 Å². The third-order valence-electron chi connectivity index (χ3n) is 8.57. The highest BCUT2D eigenvalue weighted by molar-refractivity contribution is 7.89. The summed E-state index contributed by atoms with van der Waals surface area (Å²) in [6, 6.07) is 30.3. The van der Waals surface area contributed by atoms with Crippen molar-refractivity contribution in [1.29, 1.82) is 0 Å². The Morgan fingerprint density at radius 3 is 2.16 bits per heavy atom. The van der Waals surface area contributed by atoms with Crippen LogP contribution in [-0.2, 0) is 35.6 Å². The number of methoxy groups -OCH3 is 1. The number of nitrogens with one attached hydrogen (secondary N) is 1. The number of unbranched alkanes of at least 4 members (excludes halogenated alkanes) is 1. The lowest BCUT2D eigenvalue weighted by molar-refractivity contribution is -0.140. The minimum absolute atomic E-state index is 0.109. The second-order valence-electron chi connectivity index (χ2n) is 11.9. The highest BCUT2D eigenvalue weighted by Crippen LogP contribution is 2.36. The molecular weight excluding hydrogens is 645 g/mol. The largest absolute Gasteiger partial charge is 0.469 e. The number of hydrogen-bond donors (Lipinski definition) is 1. The van der Waals surface area contributed by atoms with E-state index in [1.165, 1.54) is 19.2 Å². The van der Waals surface area contributed by atoms with Crippen molar-refractivity contribution in [2.45, 2.75) is 61.9 Å². The molecule has 5 rings (SSSR count). The lowest BCUT2D eigenvalue weighted by atomic mass is 9.97. The molecule has 0 aliphatic heterocycles. The molecule has 1 saturated carbocycles. The molecule has 4 aromatic carbocycles. The summed E-state index contributed by atoms with van der Waals surface area (Å²) in [7, 11) is -2.79. The zero-order valence-electron chi connectivity index (χ0n) is 27.2. The van der Waals surface area contributed by atoms with E-state index in [1.807, 2.05) is 66.7 Å². The minimum atomic E-state index is -4.14. The molecule has 8 nitrogen and oxygen atoms in total. The van der Waals surface area contributed by atoms with Gasteiger partial charge in [-0.3, -0.25) is 4.79 Å². The second kappa shape index (κ2) is 17.1. The van der Waals surface area contributed by atoms with Crippen LogP contribution in [0.3, 0.4) is 0 Å². The third kappa shape index (κ3) is 9.95. The number of carbonyl (C=O) groups is 2. The molecule has 10 heteroatoms. The van der Waals surface area contributed by atoms with Gasteiger partial charge in [-0.2, -0.15) is 0 Å². The van der Waals surface area contributed by atoms with Gasteiger partial charge in [0.05, 0.1) is 36.3 Å². The van der Waals surface area contributed by atoms with Crippen molar-refractivity contribution in [1.82, 2.24) is 4.72 Å². The number of allylic oxidation sites excluding steroid dienone is 2. The van der Waals surface area contributed by atoms with Crippen LogP contribution in [0.5, 0.6) is 0 Å². The maximum absolute atomic E-state index is 13.7. The second-order valence-corrected chi connectivity index (χ2v) is 13.6. The molecule has 4 atom stereocenters. The van der Waals surface area contributed by atoms with Gasteiger partial charge in [-0.1, -0.05) is 84.9 Å². The number of sulfonamides is 1. The predicted molar refractivity (Wildman–Crippen MR) is 184 cm³/mol. The van der Waals surface area contributed by atoms with Gasteiger partial charge in [0.1, 0.15) is 11.9 Å². The van der Waals surface area contributed by atoms with Crippen molar-refractivity contribution in [2.75, 3.05) is 7.11 Å². The Bertz CT molecular complexity index is 1800. The Hall–Kier alpha value is -4.64. The molecule has 1 N–H and O–H groups in total. The van der Waals surface area contributed by atoms with Gasteiger partial charge in [0, 0.05) is 18.8 Å². The molecule has 0 unspecified atom stereocenters. The number of carbonyl (C=O) groups excluding carboxylic acids is 2. The van der Waals surface area contributed by atoms with Gasteiger partial charge < -0.3 is 14.2 Å². The molecule has 49 heavy (non-hydrogen) atoms. The van der Waals surface area contributed by atoms with Crippen LogP contribution in [0.1, 0.15) is 48.0 Å². The van der Waals surface area contributed by atoms with Crippen LogP contribution in [0.4, 0.5) is 4.39 Å². The summed E-state index contributed by atoms with van der Waals surface area (Å²) in [4.78, 5) is 24.7. The first kappa shape index (κ1) is 35.7. The summed E-state index contributed by atoms with van der Waals surface area (Å²) < 4.78 is 60.9. The van der Waals surface area contributed by atoms with Gasteiger partial charge in [0.15, 0.2) is 0 Å². The Balaban J connectivity index is 1.39. The first-order valence-electron chi connectivity index (χ1n) is 16.2. The van der Waals surface area contributed by atoms with E-state index in [0.717, 1.165) is 28.8 Å². The molecule has 0 aromatic heterocycles. The van der Waals surface area contributed by atoms with E-state index in [0.29, 0.717) is 24.8 Å². The minimum Gasteiger partial charge on any atom is -0.469 e. The monoisotopic (exact) mass is 685 g/mol. The molecule has 0 bridgehead atoms. The summed E-state index contributed by atoms with van der Waals surface area (Å²) in [5.74, 6) is -1.85. The number of ether oxygens (including phenoxy) is 3. The SMILES string of the molecule is COC(=O)CCC/C=C\C[C@@H]1[C@@H](NS(=O)(=O)c2ccc(F)cc2)[C@H](OC(=O)c2ccccc2)C[C@H]1OCc1ccc(-c2ccccc2)cc1. The third-order valence-corrected chi connectivity index (χ3v) is 10.0. The van der Waals surface area contributed by atoms with Gasteiger partial charge in [-0.25, -0.2) is 22.3 Å². The summed E-state index contributed by atoms with van der Waals surface area (Å²) in [6.07, 6.45) is 4.71. The topological polar surface area (TPSA) is 108 Å². The lowest BCUT2D eigenvalue weighted by Gasteiger charge is -2.27. The van der Waals surface area contributed by atoms with Gasteiger partial charge in [0.2, 0.25) is 10.0 Å². The zero-order valence-corrected chi connectivity index (χ0v) is 28.1. The van der Waals surface area contributed by atoms with Crippen LogP contribution in [0, 0.1) is 11.7 Å². The van der Waals surface area contributed by atoms with Crippen molar-refractivity contribution >= 4 is 22.0 Å². The molecule has 0 radical (unpaired) electrons. The fraction of sp³-hybridized carbons (Fsp3) is 0.282. The van der Waals surface area contributed by atoms with E-state index in [1.54, 1.807) is 30.3 Å². The van der Waals surface area contributed by atoms with Crippen LogP contribution in [0.2, 0.25) is 0 Å². The van der Waals surface area contributed by atoms with Crippen LogP contribution < -0.4 is 4.72 Å². The maximum atomic E-state index is 13.7. The average molecular weight is 686 g/mol. The molecule has 0 heterocycles. The fourth-order valence-corrected chi connectivity index (χ4v) is 7.25.